The average Bonchev–Trinajstić information content (AvgIpc) is 2.58. The molecule has 0 amide bonds. The van der Waals surface area contributed by atoms with E-state index < -0.39 is 0 Å². The van der Waals surface area contributed by atoms with Gasteiger partial charge in [0.2, 0.25) is 0 Å². The van der Waals surface area contributed by atoms with Gasteiger partial charge in [0.25, 0.3) is 0 Å². The van der Waals surface area contributed by atoms with Crippen LogP contribution < -0.4 is 0 Å². The molecule has 2 rings (SSSR count). The van der Waals surface area contributed by atoms with E-state index in [0.717, 1.165) is 5.69 Å². The van der Waals surface area contributed by atoms with Crippen LogP contribution in [-0.4, -0.2) is 9.55 Å². The maximum atomic E-state index is 3.96. The van der Waals surface area contributed by atoms with E-state index in [-0.39, 0.29) is 25.8 Å². The summed E-state index contributed by atoms with van der Waals surface area (Å²) in [5, 5.41) is 0. The van der Waals surface area contributed by atoms with Crippen molar-refractivity contribution in [3.05, 3.63) is 49.1 Å². The van der Waals surface area contributed by atoms with Gasteiger partial charge in [-0.1, -0.05) is 18.2 Å². The van der Waals surface area contributed by atoms with Gasteiger partial charge in [0, 0.05) is 43.9 Å². The smallest absolute Gasteiger partial charge is 0.0991 e. The fourth-order valence-corrected chi connectivity index (χ4v) is 1.01. The molecule has 0 saturated carbocycles. The van der Waals surface area contributed by atoms with Gasteiger partial charge >= 0.3 is 0 Å². The number of imidazole rings is 1. The van der Waals surface area contributed by atoms with E-state index in [1.54, 1.807) is 12.5 Å². The van der Waals surface area contributed by atoms with Crippen molar-refractivity contribution in [1.29, 1.82) is 0 Å². The summed E-state index contributed by atoms with van der Waals surface area (Å²) in [6.45, 7) is 0. The van der Waals surface area contributed by atoms with E-state index in [0.29, 0.717) is 0 Å². The molecule has 0 saturated heterocycles. The summed E-state index contributed by atoms with van der Waals surface area (Å²) in [6.07, 6.45) is 5.48. The van der Waals surface area contributed by atoms with Crippen molar-refractivity contribution in [2.24, 2.45) is 0 Å². The summed E-state index contributed by atoms with van der Waals surface area (Å²) in [4.78, 5) is 3.96. The Balaban J connectivity index is 0.000000720. The molecule has 0 N–H and O–H groups in total. The molecule has 1 radical (unpaired) electrons. The number of aromatic nitrogens is 2. The first-order valence-electron chi connectivity index (χ1n) is 3.50. The SMILES string of the molecule is [Sc].c1ccc(-n2ccnc2)cc1. The molecule has 0 spiro atoms. The van der Waals surface area contributed by atoms with Crippen LogP contribution in [0.3, 0.4) is 0 Å². The quantitative estimate of drug-likeness (QED) is 0.669. The minimum Gasteiger partial charge on any atom is -0.306 e. The summed E-state index contributed by atoms with van der Waals surface area (Å²) >= 11 is 0. The zero-order valence-corrected chi connectivity index (χ0v) is 8.39. The van der Waals surface area contributed by atoms with E-state index in [9.17, 15) is 0 Å². The molecule has 0 atom stereocenters. The number of rotatable bonds is 1. The van der Waals surface area contributed by atoms with E-state index >= 15 is 0 Å². The van der Waals surface area contributed by atoms with Gasteiger partial charge < -0.3 is 4.57 Å². The first-order valence-corrected chi connectivity index (χ1v) is 3.50. The molecule has 0 fully saturated rings. The minimum atomic E-state index is 0. The second-order valence-corrected chi connectivity index (χ2v) is 2.31. The standard InChI is InChI=1S/C9H8N2.Sc/c1-2-4-9(5-3-1)11-7-6-10-8-11;/h1-8H;. The summed E-state index contributed by atoms with van der Waals surface area (Å²) < 4.78 is 1.97. The van der Waals surface area contributed by atoms with Gasteiger partial charge in [0.15, 0.2) is 0 Å². The van der Waals surface area contributed by atoms with Gasteiger partial charge in [-0.2, -0.15) is 0 Å². The number of hydrogen-bond donors (Lipinski definition) is 0. The van der Waals surface area contributed by atoms with Gasteiger partial charge in [-0.05, 0) is 12.1 Å². The molecule has 0 aliphatic rings. The zero-order valence-electron chi connectivity index (χ0n) is 6.59. The second-order valence-electron chi connectivity index (χ2n) is 2.31. The van der Waals surface area contributed by atoms with Crippen molar-refractivity contribution in [2.45, 2.75) is 0 Å². The van der Waals surface area contributed by atoms with Crippen LogP contribution in [0.15, 0.2) is 49.1 Å². The first-order chi connectivity index (χ1) is 5.47. The fourth-order valence-electron chi connectivity index (χ4n) is 1.01. The summed E-state index contributed by atoms with van der Waals surface area (Å²) in [7, 11) is 0. The van der Waals surface area contributed by atoms with Crippen molar-refractivity contribution < 1.29 is 25.8 Å². The molecule has 1 aromatic heterocycles. The van der Waals surface area contributed by atoms with Crippen molar-refractivity contribution in [3.8, 4) is 5.69 Å². The molecule has 3 heteroatoms. The zero-order chi connectivity index (χ0) is 7.52. The maximum absolute atomic E-state index is 3.96. The third-order valence-corrected chi connectivity index (χ3v) is 1.56. The molecule has 0 bridgehead atoms. The van der Waals surface area contributed by atoms with Crippen molar-refractivity contribution in [1.82, 2.24) is 9.55 Å². The second kappa shape index (κ2) is 4.36. The van der Waals surface area contributed by atoms with E-state index in [1.807, 2.05) is 41.1 Å². The van der Waals surface area contributed by atoms with Crippen LogP contribution in [0.5, 0.6) is 0 Å². The number of nitrogens with zero attached hydrogens (tertiary/aromatic N) is 2. The van der Waals surface area contributed by atoms with Crippen LogP contribution in [0.1, 0.15) is 0 Å². The molecule has 0 aliphatic heterocycles. The molecule has 0 aliphatic carbocycles. The van der Waals surface area contributed by atoms with Crippen molar-refractivity contribution >= 4 is 0 Å². The molecular weight excluding hydrogens is 181 g/mol. The molecule has 1 heterocycles. The van der Waals surface area contributed by atoms with E-state index in [2.05, 4.69) is 4.98 Å². The van der Waals surface area contributed by atoms with E-state index in [1.165, 1.54) is 0 Å². The summed E-state index contributed by atoms with van der Waals surface area (Å²) in [6, 6.07) is 10.1. The van der Waals surface area contributed by atoms with Gasteiger partial charge in [-0.25, -0.2) is 4.98 Å². The number of hydrogen-bond acceptors (Lipinski definition) is 1. The van der Waals surface area contributed by atoms with Crippen molar-refractivity contribution in [2.75, 3.05) is 0 Å². The van der Waals surface area contributed by atoms with Gasteiger partial charge in [-0.3, -0.25) is 0 Å². The Morgan fingerprint density at radius 3 is 2.42 bits per heavy atom. The van der Waals surface area contributed by atoms with Gasteiger partial charge in [0.05, 0.1) is 6.33 Å². The predicted molar refractivity (Wildman–Crippen MR) is 43.6 cm³/mol. The topological polar surface area (TPSA) is 17.8 Å². The first kappa shape index (κ1) is 9.39. The molecule has 1 aromatic carbocycles. The fraction of sp³-hybridized carbons (Fsp3) is 0. The Bertz CT molecular complexity index is 316. The third kappa shape index (κ3) is 1.91. The van der Waals surface area contributed by atoms with Crippen LogP contribution in [0.4, 0.5) is 0 Å². The Morgan fingerprint density at radius 2 is 1.83 bits per heavy atom. The Hall–Kier alpha value is -0.700. The molecule has 2 nitrogen and oxygen atoms in total. The number of para-hydroxylation sites is 1. The van der Waals surface area contributed by atoms with Crippen LogP contribution in [0, 0.1) is 0 Å². The molecule has 0 unspecified atom stereocenters. The Kier molecular flexibility index (Phi) is 3.41. The summed E-state index contributed by atoms with van der Waals surface area (Å²) in [5.74, 6) is 0. The van der Waals surface area contributed by atoms with Crippen LogP contribution in [-0.2, 0) is 25.8 Å². The van der Waals surface area contributed by atoms with Crippen LogP contribution in [0.2, 0.25) is 0 Å². The maximum Gasteiger partial charge on any atom is 0.0991 e. The summed E-state index contributed by atoms with van der Waals surface area (Å²) in [5.41, 5.74) is 1.14. The normalized spacial score (nSPS) is 9.00. The monoisotopic (exact) mass is 189 g/mol. The van der Waals surface area contributed by atoms with E-state index in [4.69, 9.17) is 0 Å². The van der Waals surface area contributed by atoms with Crippen LogP contribution >= 0.6 is 0 Å². The minimum absolute atomic E-state index is 0. The Labute approximate surface area is 90.0 Å². The Morgan fingerprint density at radius 1 is 1.08 bits per heavy atom. The molecular formula is C9H8N2Sc. The molecule has 2 aromatic rings. The van der Waals surface area contributed by atoms with Gasteiger partial charge in [-0.15, -0.1) is 0 Å². The van der Waals surface area contributed by atoms with Crippen molar-refractivity contribution in [3.63, 3.8) is 0 Å². The third-order valence-electron chi connectivity index (χ3n) is 1.56. The predicted octanol–water partition coefficient (Wildman–Crippen LogP) is 1.87. The average molecular weight is 189 g/mol. The molecule has 57 valence electrons. The van der Waals surface area contributed by atoms with Crippen LogP contribution in [0.25, 0.3) is 5.69 Å². The number of benzene rings is 1. The molecule has 12 heavy (non-hydrogen) atoms. The largest absolute Gasteiger partial charge is 0.306 e. The van der Waals surface area contributed by atoms with Gasteiger partial charge in [0.1, 0.15) is 0 Å².